The Morgan fingerprint density at radius 1 is 1.48 bits per heavy atom. The van der Waals surface area contributed by atoms with Gasteiger partial charge in [0.1, 0.15) is 12.0 Å². The van der Waals surface area contributed by atoms with Gasteiger partial charge in [-0.15, -0.1) is 0 Å². The first-order valence-electron chi connectivity index (χ1n) is 7.35. The van der Waals surface area contributed by atoms with Crippen molar-refractivity contribution in [3.8, 4) is 11.1 Å². The van der Waals surface area contributed by atoms with E-state index in [-0.39, 0.29) is 6.04 Å². The summed E-state index contributed by atoms with van der Waals surface area (Å²) < 4.78 is 1.94. The van der Waals surface area contributed by atoms with Crippen LogP contribution in [0.25, 0.3) is 11.1 Å². The quantitative estimate of drug-likeness (QED) is 0.726. The van der Waals surface area contributed by atoms with Crippen LogP contribution in [0.15, 0.2) is 24.7 Å². The highest BCUT2D eigenvalue weighted by molar-refractivity contribution is 5.72. The normalized spacial score (nSPS) is 16.3. The van der Waals surface area contributed by atoms with Crippen LogP contribution < -0.4 is 11.1 Å². The second-order valence-electron chi connectivity index (χ2n) is 5.57. The van der Waals surface area contributed by atoms with E-state index in [0.717, 1.165) is 30.8 Å². The molecule has 0 bridgehead atoms. The minimum absolute atomic E-state index is 0.213. The molecule has 0 aliphatic carbocycles. The molecule has 6 nitrogen and oxygen atoms in total. The summed E-state index contributed by atoms with van der Waals surface area (Å²) in [6, 6.07) is 2.26. The van der Waals surface area contributed by atoms with Gasteiger partial charge in [-0.05, 0) is 37.8 Å². The highest BCUT2D eigenvalue weighted by Crippen LogP contribution is 2.31. The highest BCUT2D eigenvalue weighted by Gasteiger charge is 2.17. The summed E-state index contributed by atoms with van der Waals surface area (Å²) in [6.45, 7) is 3.02. The summed E-state index contributed by atoms with van der Waals surface area (Å²) in [5.41, 5.74) is 8.96. The molecule has 0 saturated carbocycles. The Bertz CT molecular complexity index is 622. The summed E-state index contributed by atoms with van der Waals surface area (Å²) in [6.07, 6.45) is 7.40. The van der Waals surface area contributed by atoms with Crippen LogP contribution in [0.5, 0.6) is 0 Å². The number of pyridine rings is 1. The zero-order valence-corrected chi connectivity index (χ0v) is 12.2. The number of aromatic nitrogens is 3. The number of anilines is 1. The van der Waals surface area contributed by atoms with E-state index in [1.54, 1.807) is 0 Å². The lowest BCUT2D eigenvalue weighted by atomic mass is 10.0. The molecule has 6 heteroatoms. The van der Waals surface area contributed by atoms with Crippen molar-refractivity contribution in [3.05, 3.63) is 30.2 Å². The molecular weight excluding hydrogens is 266 g/mol. The first-order valence-corrected chi connectivity index (χ1v) is 7.35. The smallest absolute Gasteiger partial charge is 0.129 e. The van der Waals surface area contributed by atoms with E-state index in [1.165, 1.54) is 11.1 Å². The lowest BCUT2D eigenvalue weighted by Crippen LogP contribution is -2.20. The van der Waals surface area contributed by atoms with Crippen molar-refractivity contribution in [2.45, 2.75) is 38.5 Å². The van der Waals surface area contributed by atoms with Crippen molar-refractivity contribution in [3.63, 3.8) is 0 Å². The Balaban J connectivity index is 1.81. The van der Waals surface area contributed by atoms with Crippen LogP contribution in [0.1, 0.15) is 31.4 Å². The number of nitrogens with zero attached hydrogens (tertiary/aromatic N) is 3. The zero-order chi connectivity index (χ0) is 14.8. The topological polar surface area (TPSA) is 89.0 Å². The van der Waals surface area contributed by atoms with E-state index in [0.29, 0.717) is 6.42 Å². The van der Waals surface area contributed by atoms with Crippen LogP contribution in [-0.2, 0) is 6.42 Å². The molecular formula is C15H21N5O. The number of aliphatic hydroxyl groups excluding tert-OH is 1. The Labute approximate surface area is 124 Å². The van der Waals surface area contributed by atoms with Gasteiger partial charge in [0.2, 0.25) is 0 Å². The maximum Gasteiger partial charge on any atom is 0.129 e. The number of rotatable bonds is 5. The Morgan fingerprint density at radius 3 is 3.14 bits per heavy atom. The van der Waals surface area contributed by atoms with Crippen molar-refractivity contribution in [2.24, 2.45) is 5.73 Å². The first kappa shape index (κ1) is 14.0. The van der Waals surface area contributed by atoms with Gasteiger partial charge < -0.3 is 16.2 Å². The van der Waals surface area contributed by atoms with E-state index in [2.05, 4.69) is 28.5 Å². The molecule has 0 amide bonds. The number of hydrogen-bond donors (Lipinski definition) is 3. The molecule has 1 aliphatic heterocycles. The third kappa shape index (κ3) is 2.91. The lowest BCUT2D eigenvalue weighted by molar-refractivity contribution is 0.162. The Kier molecular flexibility index (Phi) is 3.90. The maximum atomic E-state index is 9.17. The second kappa shape index (κ2) is 5.83. The third-order valence-electron chi connectivity index (χ3n) is 3.97. The Hall–Kier alpha value is -1.92. The fourth-order valence-electron chi connectivity index (χ4n) is 2.74. The lowest BCUT2D eigenvalue weighted by Gasteiger charge is -2.13. The molecule has 112 valence electrons. The van der Waals surface area contributed by atoms with Crippen molar-refractivity contribution < 1.29 is 5.11 Å². The molecule has 0 aromatic carbocycles. The van der Waals surface area contributed by atoms with Gasteiger partial charge in [0.05, 0.1) is 6.20 Å². The minimum atomic E-state index is -0.753. The van der Waals surface area contributed by atoms with Gasteiger partial charge in [-0.25, -0.2) is 4.98 Å². The highest BCUT2D eigenvalue weighted by atomic mass is 16.3. The van der Waals surface area contributed by atoms with Crippen LogP contribution in [0.3, 0.4) is 0 Å². The van der Waals surface area contributed by atoms with Gasteiger partial charge in [-0.2, -0.15) is 5.10 Å². The Morgan fingerprint density at radius 2 is 2.33 bits per heavy atom. The van der Waals surface area contributed by atoms with Gasteiger partial charge in [0, 0.05) is 36.1 Å². The summed E-state index contributed by atoms with van der Waals surface area (Å²) >= 11 is 0. The maximum absolute atomic E-state index is 9.17. The molecule has 3 heterocycles. The van der Waals surface area contributed by atoms with Crippen LogP contribution in [0, 0.1) is 0 Å². The van der Waals surface area contributed by atoms with Crippen molar-refractivity contribution in [1.82, 2.24) is 14.8 Å². The van der Waals surface area contributed by atoms with Crippen molar-refractivity contribution >= 4 is 5.82 Å². The average Bonchev–Trinajstić information content (AvgIpc) is 3.12. The monoisotopic (exact) mass is 287 g/mol. The zero-order valence-electron chi connectivity index (χ0n) is 12.2. The largest absolute Gasteiger partial charge is 0.379 e. The van der Waals surface area contributed by atoms with Crippen LogP contribution in [-0.4, -0.2) is 32.6 Å². The first-order chi connectivity index (χ1) is 10.1. The molecule has 2 aromatic heterocycles. The van der Waals surface area contributed by atoms with E-state index < -0.39 is 6.23 Å². The van der Waals surface area contributed by atoms with E-state index in [4.69, 9.17) is 5.73 Å². The summed E-state index contributed by atoms with van der Waals surface area (Å²) in [5.74, 6) is 0.986. The molecule has 21 heavy (non-hydrogen) atoms. The summed E-state index contributed by atoms with van der Waals surface area (Å²) in [4.78, 5) is 4.36. The standard InChI is InChI=1S/C15H21N5O/c1-10(2-3-14(16)21)20-9-11(8-19-20)12-4-6-17-15-13(12)5-7-18-15/h4,6,8-10,14,21H,2-3,5,7,16H2,1H3,(H,17,18). The molecule has 0 radical (unpaired) electrons. The van der Waals surface area contributed by atoms with E-state index >= 15 is 0 Å². The molecule has 1 aliphatic rings. The molecule has 2 atom stereocenters. The van der Waals surface area contributed by atoms with Crippen molar-refractivity contribution in [2.75, 3.05) is 11.9 Å². The average molecular weight is 287 g/mol. The summed E-state index contributed by atoms with van der Waals surface area (Å²) in [7, 11) is 0. The number of hydrogen-bond acceptors (Lipinski definition) is 5. The number of nitrogens with two attached hydrogens (primary N) is 1. The van der Waals surface area contributed by atoms with Crippen LogP contribution in [0.4, 0.5) is 5.82 Å². The molecule has 0 fully saturated rings. The fraction of sp³-hybridized carbons (Fsp3) is 0.467. The minimum Gasteiger partial charge on any atom is -0.379 e. The van der Waals surface area contributed by atoms with Crippen LogP contribution in [0.2, 0.25) is 0 Å². The SMILES string of the molecule is CC(CCC(N)O)n1cc(-c2ccnc3c2CCN3)cn1. The van der Waals surface area contributed by atoms with Gasteiger partial charge >= 0.3 is 0 Å². The molecule has 2 aromatic rings. The molecule has 0 saturated heterocycles. The van der Waals surface area contributed by atoms with Crippen molar-refractivity contribution in [1.29, 1.82) is 0 Å². The second-order valence-corrected chi connectivity index (χ2v) is 5.57. The van der Waals surface area contributed by atoms with E-state index in [1.807, 2.05) is 23.1 Å². The summed E-state index contributed by atoms with van der Waals surface area (Å²) in [5, 5.41) is 16.9. The molecule has 3 rings (SSSR count). The van der Waals surface area contributed by atoms with Crippen LogP contribution >= 0.6 is 0 Å². The number of aliphatic hydroxyl groups is 1. The fourth-order valence-corrected chi connectivity index (χ4v) is 2.74. The number of fused-ring (bicyclic) bond motifs is 1. The molecule has 2 unspecified atom stereocenters. The number of nitrogens with one attached hydrogen (secondary N) is 1. The van der Waals surface area contributed by atoms with Gasteiger partial charge in [0.15, 0.2) is 0 Å². The van der Waals surface area contributed by atoms with Gasteiger partial charge in [0.25, 0.3) is 0 Å². The predicted molar refractivity (Wildman–Crippen MR) is 81.8 cm³/mol. The van der Waals surface area contributed by atoms with Gasteiger partial charge in [-0.1, -0.05) is 0 Å². The third-order valence-corrected chi connectivity index (χ3v) is 3.97. The van der Waals surface area contributed by atoms with E-state index in [9.17, 15) is 5.11 Å². The molecule has 0 spiro atoms. The van der Waals surface area contributed by atoms with Gasteiger partial charge in [-0.3, -0.25) is 4.68 Å². The predicted octanol–water partition coefficient (Wildman–Crippen LogP) is 1.53. The molecule has 4 N–H and O–H groups in total.